The summed E-state index contributed by atoms with van der Waals surface area (Å²) in [6, 6.07) is 4.44. The molecule has 1 N–H and O–H groups in total. The SMILES string of the molecule is Cc1cc([N+](=O)[O-])ccc1NC(=O)C1CC1. The molecule has 1 aromatic rings. The zero-order valence-corrected chi connectivity index (χ0v) is 8.90. The predicted molar refractivity (Wildman–Crippen MR) is 59.2 cm³/mol. The van der Waals surface area contributed by atoms with Crippen molar-refractivity contribution in [2.24, 2.45) is 5.92 Å². The molecule has 0 unspecified atom stereocenters. The molecule has 16 heavy (non-hydrogen) atoms. The van der Waals surface area contributed by atoms with Crippen LogP contribution in [0, 0.1) is 23.0 Å². The highest BCUT2D eigenvalue weighted by Gasteiger charge is 2.29. The molecule has 0 spiro atoms. The third-order valence-electron chi connectivity index (χ3n) is 2.63. The number of hydrogen-bond donors (Lipinski definition) is 1. The number of nitro benzene ring substituents is 1. The van der Waals surface area contributed by atoms with Gasteiger partial charge < -0.3 is 5.32 Å². The van der Waals surface area contributed by atoms with Crippen LogP contribution in [-0.4, -0.2) is 10.8 Å². The summed E-state index contributed by atoms with van der Waals surface area (Å²) in [5.41, 5.74) is 1.41. The van der Waals surface area contributed by atoms with E-state index in [1.54, 1.807) is 13.0 Å². The van der Waals surface area contributed by atoms with E-state index in [4.69, 9.17) is 0 Å². The van der Waals surface area contributed by atoms with E-state index in [9.17, 15) is 14.9 Å². The fourth-order valence-corrected chi connectivity index (χ4v) is 1.48. The molecule has 1 amide bonds. The molecule has 0 saturated heterocycles. The smallest absolute Gasteiger partial charge is 0.269 e. The maximum atomic E-state index is 11.5. The Morgan fingerprint density at radius 1 is 1.50 bits per heavy atom. The van der Waals surface area contributed by atoms with Crippen LogP contribution in [0.1, 0.15) is 18.4 Å². The summed E-state index contributed by atoms with van der Waals surface area (Å²) in [6.45, 7) is 1.75. The minimum Gasteiger partial charge on any atom is -0.326 e. The van der Waals surface area contributed by atoms with Gasteiger partial charge >= 0.3 is 0 Å². The quantitative estimate of drug-likeness (QED) is 0.627. The summed E-state index contributed by atoms with van der Waals surface area (Å²) >= 11 is 0. The van der Waals surface area contributed by atoms with Crippen molar-refractivity contribution in [1.29, 1.82) is 0 Å². The summed E-state index contributed by atoms with van der Waals surface area (Å²) in [4.78, 5) is 21.6. The molecule has 1 aliphatic carbocycles. The van der Waals surface area contributed by atoms with E-state index >= 15 is 0 Å². The fourth-order valence-electron chi connectivity index (χ4n) is 1.48. The van der Waals surface area contributed by atoms with Crippen molar-refractivity contribution >= 4 is 17.3 Å². The number of hydrogen-bond acceptors (Lipinski definition) is 3. The highest BCUT2D eigenvalue weighted by atomic mass is 16.6. The van der Waals surface area contributed by atoms with Gasteiger partial charge in [-0.25, -0.2) is 0 Å². The molecule has 1 aliphatic rings. The number of anilines is 1. The fraction of sp³-hybridized carbons (Fsp3) is 0.364. The summed E-state index contributed by atoms with van der Waals surface area (Å²) in [6.07, 6.45) is 1.88. The van der Waals surface area contributed by atoms with E-state index in [0.29, 0.717) is 11.3 Å². The molecule has 1 aromatic carbocycles. The molecule has 0 radical (unpaired) electrons. The van der Waals surface area contributed by atoms with Gasteiger partial charge in [0.1, 0.15) is 0 Å². The third-order valence-corrected chi connectivity index (χ3v) is 2.63. The number of non-ortho nitro benzene ring substituents is 1. The molecule has 0 bridgehead atoms. The first-order valence-electron chi connectivity index (χ1n) is 5.14. The monoisotopic (exact) mass is 220 g/mol. The Morgan fingerprint density at radius 3 is 2.69 bits per heavy atom. The second-order valence-electron chi connectivity index (χ2n) is 4.02. The van der Waals surface area contributed by atoms with Gasteiger partial charge in [-0.2, -0.15) is 0 Å². The topological polar surface area (TPSA) is 72.2 Å². The molecule has 2 rings (SSSR count). The molecule has 1 fully saturated rings. The summed E-state index contributed by atoms with van der Waals surface area (Å²) in [5.74, 6) is 0.145. The Bertz CT molecular complexity index is 453. The van der Waals surface area contributed by atoms with E-state index in [-0.39, 0.29) is 17.5 Å². The molecule has 5 heteroatoms. The number of carbonyl (C=O) groups is 1. The summed E-state index contributed by atoms with van der Waals surface area (Å²) in [5, 5.41) is 13.3. The van der Waals surface area contributed by atoms with E-state index in [1.165, 1.54) is 12.1 Å². The Kier molecular flexibility index (Phi) is 2.60. The maximum Gasteiger partial charge on any atom is 0.269 e. The number of amides is 1. The standard InChI is InChI=1S/C11H12N2O3/c1-7-6-9(13(15)16)4-5-10(7)12-11(14)8-2-3-8/h4-6,8H,2-3H2,1H3,(H,12,14). The van der Waals surface area contributed by atoms with Crippen LogP contribution in [-0.2, 0) is 4.79 Å². The van der Waals surface area contributed by atoms with Gasteiger partial charge in [-0.1, -0.05) is 0 Å². The van der Waals surface area contributed by atoms with Crippen LogP contribution < -0.4 is 5.32 Å². The molecule has 0 heterocycles. The predicted octanol–water partition coefficient (Wildman–Crippen LogP) is 2.25. The molecule has 1 saturated carbocycles. The largest absolute Gasteiger partial charge is 0.326 e. The number of carbonyl (C=O) groups excluding carboxylic acids is 1. The van der Waals surface area contributed by atoms with Crippen molar-refractivity contribution < 1.29 is 9.72 Å². The number of nitrogens with one attached hydrogen (secondary N) is 1. The molecule has 0 atom stereocenters. The van der Waals surface area contributed by atoms with Crippen LogP contribution >= 0.6 is 0 Å². The lowest BCUT2D eigenvalue weighted by atomic mass is 10.1. The van der Waals surface area contributed by atoms with E-state index < -0.39 is 4.92 Å². The van der Waals surface area contributed by atoms with E-state index in [2.05, 4.69) is 5.32 Å². The normalized spacial score (nSPS) is 14.6. The zero-order valence-electron chi connectivity index (χ0n) is 8.90. The van der Waals surface area contributed by atoms with Gasteiger partial charge in [0.2, 0.25) is 5.91 Å². The average molecular weight is 220 g/mol. The van der Waals surface area contributed by atoms with Gasteiger partial charge in [-0.3, -0.25) is 14.9 Å². The van der Waals surface area contributed by atoms with Crippen LogP contribution in [0.4, 0.5) is 11.4 Å². The first-order valence-corrected chi connectivity index (χ1v) is 5.14. The third kappa shape index (κ3) is 2.18. The van der Waals surface area contributed by atoms with Gasteiger partial charge in [0.25, 0.3) is 5.69 Å². The Balaban J connectivity index is 2.15. The van der Waals surface area contributed by atoms with Crippen molar-refractivity contribution in [2.45, 2.75) is 19.8 Å². The van der Waals surface area contributed by atoms with Gasteiger partial charge in [0, 0.05) is 23.7 Å². The van der Waals surface area contributed by atoms with E-state index in [1.807, 2.05) is 0 Å². The molecule has 84 valence electrons. The lowest BCUT2D eigenvalue weighted by Crippen LogP contribution is -2.14. The van der Waals surface area contributed by atoms with Gasteiger partial charge in [-0.05, 0) is 31.4 Å². The number of nitrogens with zero attached hydrogens (tertiary/aromatic N) is 1. The van der Waals surface area contributed by atoms with Crippen molar-refractivity contribution in [1.82, 2.24) is 0 Å². The number of aryl methyl sites for hydroxylation is 1. The van der Waals surface area contributed by atoms with Crippen molar-refractivity contribution in [3.05, 3.63) is 33.9 Å². The molecule has 0 aliphatic heterocycles. The lowest BCUT2D eigenvalue weighted by molar-refractivity contribution is -0.384. The zero-order chi connectivity index (χ0) is 11.7. The van der Waals surface area contributed by atoms with Gasteiger partial charge in [-0.15, -0.1) is 0 Å². The highest BCUT2D eigenvalue weighted by molar-refractivity contribution is 5.94. The van der Waals surface area contributed by atoms with Crippen LogP contribution in [0.15, 0.2) is 18.2 Å². The highest BCUT2D eigenvalue weighted by Crippen LogP contribution is 2.31. The lowest BCUT2D eigenvalue weighted by Gasteiger charge is -2.07. The Morgan fingerprint density at radius 2 is 2.19 bits per heavy atom. The van der Waals surface area contributed by atoms with Crippen LogP contribution in [0.2, 0.25) is 0 Å². The molecular weight excluding hydrogens is 208 g/mol. The molecule has 0 aromatic heterocycles. The number of nitro groups is 1. The van der Waals surface area contributed by atoms with Crippen LogP contribution in [0.25, 0.3) is 0 Å². The van der Waals surface area contributed by atoms with Crippen LogP contribution in [0.3, 0.4) is 0 Å². The van der Waals surface area contributed by atoms with Crippen molar-refractivity contribution in [2.75, 3.05) is 5.32 Å². The first kappa shape index (κ1) is 10.6. The van der Waals surface area contributed by atoms with Crippen molar-refractivity contribution in [3.63, 3.8) is 0 Å². The van der Waals surface area contributed by atoms with Gasteiger partial charge in [0.05, 0.1) is 4.92 Å². The van der Waals surface area contributed by atoms with E-state index in [0.717, 1.165) is 12.8 Å². The molecular formula is C11H12N2O3. The number of benzene rings is 1. The van der Waals surface area contributed by atoms with Crippen LogP contribution in [0.5, 0.6) is 0 Å². The minimum atomic E-state index is -0.445. The first-order chi connectivity index (χ1) is 7.58. The second kappa shape index (κ2) is 3.92. The van der Waals surface area contributed by atoms with Gasteiger partial charge in [0.15, 0.2) is 0 Å². The summed E-state index contributed by atoms with van der Waals surface area (Å²) < 4.78 is 0. The number of rotatable bonds is 3. The average Bonchev–Trinajstić information content (AvgIpc) is 3.03. The summed E-state index contributed by atoms with van der Waals surface area (Å²) in [7, 11) is 0. The maximum absolute atomic E-state index is 11.5. The second-order valence-corrected chi connectivity index (χ2v) is 4.02. The molecule has 5 nitrogen and oxygen atoms in total. The Labute approximate surface area is 92.6 Å². The Hall–Kier alpha value is -1.91. The minimum absolute atomic E-state index is 0.0111. The van der Waals surface area contributed by atoms with Crippen molar-refractivity contribution in [3.8, 4) is 0 Å².